The van der Waals surface area contributed by atoms with E-state index < -0.39 is 0 Å². The van der Waals surface area contributed by atoms with Crippen LogP contribution in [0.15, 0.2) is 18.2 Å². The van der Waals surface area contributed by atoms with Crippen LogP contribution in [0.3, 0.4) is 0 Å². The monoisotopic (exact) mass is 261 g/mol. The largest absolute Gasteiger partial charge is 0.487 e. The Bertz CT molecular complexity index is 439. The van der Waals surface area contributed by atoms with E-state index in [0.717, 1.165) is 18.7 Å². The van der Waals surface area contributed by atoms with Gasteiger partial charge in [-0.3, -0.25) is 0 Å². The van der Waals surface area contributed by atoms with Gasteiger partial charge >= 0.3 is 0 Å². The molecule has 2 atom stereocenters. The van der Waals surface area contributed by atoms with E-state index in [2.05, 4.69) is 58.1 Å². The van der Waals surface area contributed by atoms with Gasteiger partial charge in [-0.2, -0.15) is 0 Å². The number of fused-ring (bicyclic) bond motifs is 1. The van der Waals surface area contributed by atoms with Crippen molar-refractivity contribution in [1.29, 1.82) is 0 Å². The Morgan fingerprint density at radius 3 is 2.74 bits per heavy atom. The molecule has 0 aliphatic carbocycles. The highest BCUT2D eigenvalue weighted by Gasteiger charge is 2.31. The number of ether oxygens (including phenoxy) is 1. The molecule has 2 heteroatoms. The topological polar surface area (TPSA) is 21.3 Å². The fourth-order valence-corrected chi connectivity index (χ4v) is 2.64. The van der Waals surface area contributed by atoms with Crippen molar-refractivity contribution < 1.29 is 4.74 Å². The summed E-state index contributed by atoms with van der Waals surface area (Å²) in [6.45, 7) is 12.0. The maximum absolute atomic E-state index is 6.10. The Morgan fingerprint density at radius 1 is 1.32 bits per heavy atom. The number of hydrogen-bond donors (Lipinski definition) is 1. The lowest BCUT2D eigenvalue weighted by molar-refractivity contribution is 0.137. The van der Waals surface area contributed by atoms with Gasteiger partial charge in [-0.1, -0.05) is 38.5 Å². The number of hydrogen-bond acceptors (Lipinski definition) is 2. The van der Waals surface area contributed by atoms with Crippen LogP contribution in [0.1, 0.15) is 52.2 Å². The van der Waals surface area contributed by atoms with Gasteiger partial charge in [-0.25, -0.2) is 0 Å². The van der Waals surface area contributed by atoms with Gasteiger partial charge in [-0.15, -0.1) is 0 Å². The van der Waals surface area contributed by atoms with Crippen molar-refractivity contribution in [3.8, 4) is 5.75 Å². The van der Waals surface area contributed by atoms with E-state index in [4.69, 9.17) is 4.74 Å². The highest BCUT2D eigenvalue weighted by molar-refractivity contribution is 5.45. The van der Waals surface area contributed by atoms with Crippen molar-refractivity contribution in [3.63, 3.8) is 0 Å². The van der Waals surface area contributed by atoms with E-state index in [1.807, 2.05) is 0 Å². The SMILES string of the molecule is CCC(C)C(C)NCc1cccc2c1OC(C)(C)C2. The summed E-state index contributed by atoms with van der Waals surface area (Å²) >= 11 is 0. The van der Waals surface area contributed by atoms with Crippen molar-refractivity contribution in [2.75, 3.05) is 0 Å². The van der Waals surface area contributed by atoms with Gasteiger partial charge in [0.05, 0.1) is 0 Å². The summed E-state index contributed by atoms with van der Waals surface area (Å²) in [5.74, 6) is 1.81. The van der Waals surface area contributed by atoms with Gasteiger partial charge in [0.1, 0.15) is 11.4 Å². The van der Waals surface area contributed by atoms with E-state index in [1.165, 1.54) is 17.5 Å². The standard InChI is InChI=1S/C17H27NO/c1-6-12(2)13(3)18-11-15-9-7-8-14-10-17(4,5)19-16(14)15/h7-9,12-13,18H,6,10-11H2,1-5H3. The molecule has 0 aromatic heterocycles. The van der Waals surface area contributed by atoms with Gasteiger partial charge in [0.2, 0.25) is 0 Å². The predicted octanol–water partition coefficient (Wildman–Crippen LogP) is 3.92. The lowest BCUT2D eigenvalue weighted by Crippen LogP contribution is -2.31. The zero-order chi connectivity index (χ0) is 14.0. The van der Waals surface area contributed by atoms with Crippen molar-refractivity contribution in [2.24, 2.45) is 5.92 Å². The zero-order valence-corrected chi connectivity index (χ0v) is 12.9. The molecule has 1 aromatic rings. The second kappa shape index (κ2) is 5.54. The van der Waals surface area contributed by atoms with Crippen LogP contribution in [0.4, 0.5) is 0 Å². The Hall–Kier alpha value is -1.02. The predicted molar refractivity (Wildman–Crippen MR) is 80.6 cm³/mol. The molecular formula is C17H27NO. The molecule has 0 bridgehead atoms. The molecule has 1 aliphatic rings. The highest BCUT2D eigenvalue weighted by Crippen LogP contribution is 2.37. The molecule has 1 heterocycles. The number of para-hydroxylation sites is 1. The average molecular weight is 261 g/mol. The van der Waals surface area contributed by atoms with E-state index in [1.54, 1.807) is 0 Å². The van der Waals surface area contributed by atoms with E-state index >= 15 is 0 Å². The molecule has 0 fully saturated rings. The first-order chi connectivity index (χ1) is 8.93. The summed E-state index contributed by atoms with van der Waals surface area (Å²) in [4.78, 5) is 0. The molecule has 2 nitrogen and oxygen atoms in total. The van der Waals surface area contributed by atoms with Crippen LogP contribution in [0.5, 0.6) is 5.75 Å². The van der Waals surface area contributed by atoms with E-state index in [0.29, 0.717) is 12.0 Å². The molecule has 0 saturated carbocycles. The number of nitrogens with one attached hydrogen (secondary N) is 1. The van der Waals surface area contributed by atoms with Gasteiger partial charge in [0, 0.05) is 24.6 Å². The molecule has 1 N–H and O–H groups in total. The fraction of sp³-hybridized carbons (Fsp3) is 0.647. The van der Waals surface area contributed by atoms with Gasteiger partial charge in [0.25, 0.3) is 0 Å². The van der Waals surface area contributed by atoms with Crippen molar-refractivity contribution in [1.82, 2.24) is 5.32 Å². The number of rotatable bonds is 5. The molecule has 19 heavy (non-hydrogen) atoms. The second-order valence-electron chi connectivity index (χ2n) is 6.50. The first-order valence-electron chi connectivity index (χ1n) is 7.46. The molecule has 0 spiro atoms. The normalized spacial score (nSPS) is 19.6. The van der Waals surface area contributed by atoms with Gasteiger partial charge in [-0.05, 0) is 32.3 Å². The Morgan fingerprint density at radius 2 is 2.05 bits per heavy atom. The third kappa shape index (κ3) is 3.30. The van der Waals surface area contributed by atoms with Crippen LogP contribution < -0.4 is 10.1 Å². The average Bonchev–Trinajstić information content (AvgIpc) is 2.69. The summed E-state index contributed by atoms with van der Waals surface area (Å²) in [5, 5.41) is 3.63. The summed E-state index contributed by atoms with van der Waals surface area (Å²) in [6, 6.07) is 7.05. The summed E-state index contributed by atoms with van der Waals surface area (Å²) in [5.41, 5.74) is 2.58. The zero-order valence-electron chi connectivity index (χ0n) is 12.9. The smallest absolute Gasteiger partial charge is 0.127 e. The maximum Gasteiger partial charge on any atom is 0.127 e. The van der Waals surface area contributed by atoms with Crippen molar-refractivity contribution >= 4 is 0 Å². The highest BCUT2D eigenvalue weighted by atomic mass is 16.5. The third-order valence-corrected chi connectivity index (χ3v) is 4.28. The molecule has 106 valence electrons. The first kappa shape index (κ1) is 14.4. The number of benzene rings is 1. The van der Waals surface area contributed by atoms with Crippen molar-refractivity contribution in [3.05, 3.63) is 29.3 Å². The van der Waals surface area contributed by atoms with Crippen LogP contribution in [0, 0.1) is 5.92 Å². The van der Waals surface area contributed by atoms with Crippen molar-refractivity contribution in [2.45, 2.75) is 65.6 Å². The molecule has 0 amide bonds. The van der Waals surface area contributed by atoms with Crippen LogP contribution in [0.2, 0.25) is 0 Å². The summed E-state index contributed by atoms with van der Waals surface area (Å²) in [7, 11) is 0. The molecule has 0 saturated heterocycles. The molecule has 1 aliphatic heterocycles. The minimum absolute atomic E-state index is 0.0548. The minimum atomic E-state index is -0.0548. The minimum Gasteiger partial charge on any atom is -0.487 e. The van der Waals surface area contributed by atoms with Crippen LogP contribution in [-0.2, 0) is 13.0 Å². The quantitative estimate of drug-likeness (QED) is 0.867. The second-order valence-corrected chi connectivity index (χ2v) is 6.50. The molecular weight excluding hydrogens is 234 g/mol. The van der Waals surface area contributed by atoms with Gasteiger partial charge in [0.15, 0.2) is 0 Å². The Balaban J connectivity index is 2.05. The maximum atomic E-state index is 6.10. The molecule has 2 unspecified atom stereocenters. The molecule has 0 radical (unpaired) electrons. The van der Waals surface area contributed by atoms with E-state index in [-0.39, 0.29) is 5.60 Å². The Kier molecular flexibility index (Phi) is 4.19. The first-order valence-corrected chi connectivity index (χ1v) is 7.46. The summed E-state index contributed by atoms with van der Waals surface area (Å²) in [6.07, 6.45) is 2.22. The van der Waals surface area contributed by atoms with Crippen LogP contribution in [0.25, 0.3) is 0 Å². The van der Waals surface area contributed by atoms with Gasteiger partial charge < -0.3 is 10.1 Å². The molecule has 1 aromatic carbocycles. The third-order valence-electron chi connectivity index (χ3n) is 4.28. The molecule has 2 rings (SSSR count). The Labute approximate surface area is 117 Å². The lowest BCUT2D eigenvalue weighted by atomic mass is 9.99. The summed E-state index contributed by atoms with van der Waals surface area (Å²) < 4.78 is 6.10. The van der Waals surface area contributed by atoms with E-state index in [9.17, 15) is 0 Å². The lowest BCUT2D eigenvalue weighted by Gasteiger charge is -2.21. The fourth-order valence-electron chi connectivity index (χ4n) is 2.64. The van der Waals surface area contributed by atoms with Crippen LogP contribution >= 0.6 is 0 Å². The van der Waals surface area contributed by atoms with Crippen LogP contribution in [-0.4, -0.2) is 11.6 Å².